The zero-order valence-corrected chi connectivity index (χ0v) is 17.1. The van der Waals surface area contributed by atoms with Crippen molar-refractivity contribution in [2.75, 3.05) is 5.32 Å². The predicted octanol–water partition coefficient (Wildman–Crippen LogP) is 6.04. The van der Waals surface area contributed by atoms with Gasteiger partial charge in [-0.2, -0.15) is 0 Å². The normalized spacial score (nSPS) is 10.8. The van der Waals surface area contributed by atoms with Gasteiger partial charge in [0.05, 0.1) is 10.6 Å². The Morgan fingerprint density at radius 2 is 1.65 bits per heavy atom. The molecule has 0 unspecified atom stereocenters. The fourth-order valence-electron chi connectivity index (χ4n) is 2.99. The zero-order chi connectivity index (χ0) is 21.6. The molecule has 0 bridgehead atoms. The number of non-ortho nitro benzene ring substituents is 1. The van der Waals surface area contributed by atoms with Gasteiger partial charge in [-0.25, -0.2) is 4.98 Å². The number of nitrogens with one attached hydrogen (secondary N) is 1. The van der Waals surface area contributed by atoms with E-state index in [1.807, 2.05) is 47.8 Å². The molecule has 0 radical (unpaired) electrons. The highest BCUT2D eigenvalue weighted by Crippen LogP contribution is 2.27. The maximum absolute atomic E-state index is 12.2. The third kappa shape index (κ3) is 5.09. The average Bonchev–Trinajstić information content (AvgIpc) is 3.27. The molecule has 1 heterocycles. The lowest BCUT2D eigenvalue weighted by atomic mass is 10.0. The van der Waals surface area contributed by atoms with Gasteiger partial charge in [-0.05, 0) is 22.8 Å². The smallest absolute Gasteiger partial charge is 0.270 e. The van der Waals surface area contributed by atoms with Crippen LogP contribution in [0.2, 0.25) is 0 Å². The predicted molar refractivity (Wildman–Crippen MR) is 124 cm³/mol. The van der Waals surface area contributed by atoms with Crippen LogP contribution in [0.4, 0.5) is 10.8 Å². The van der Waals surface area contributed by atoms with Crippen LogP contribution >= 0.6 is 11.3 Å². The zero-order valence-electron chi connectivity index (χ0n) is 16.3. The van der Waals surface area contributed by atoms with Crippen LogP contribution < -0.4 is 5.32 Å². The molecule has 0 aliphatic carbocycles. The molecule has 0 atom stereocenters. The third-order valence-corrected chi connectivity index (χ3v) is 5.29. The fraction of sp³-hybridized carbons (Fsp3) is 0. The standard InChI is InChI=1S/C24H17N3O3S/c28-23(14-9-17-5-4-8-21(15-17)27(29)30)26-24-25-22(16-31-24)20-12-10-19(11-13-20)18-6-2-1-3-7-18/h1-16H,(H,25,26,28). The van der Waals surface area contributed by atoms with Crippen molar-refractivity contribution in [3.8, 4) is 22.4 Å². The first-order valence-electron chi connectivity index (χ1n) is 9.43. The number of anilines is 1. The van der Waals surface area contributed by atoms with Crippen molar-refractivity contribution in [2.24, 2.45) is 0 Å². The molecule has 0 saturated heterocycles. The molecule has 1 amide bonds. The largest absolute Gasteiger partial charge is 0.298 e. The molecule has 4 rings (SSSR count). The molecule has 0 aliphatic rings. The van der Waals surface area contributed by atoms with Crippen LogP contribution in [0.5, 0.6) is 0 Å². The summed E-state index contributed by atoms with van der Waals surface area (Å²) in [4.78, 5) is 27.0. The first kappa shape index (κ1) is 20.2. The van der Waals surface area contributed by atoms with Crippen LogP contribution in [0.1, 0.15) is 5.56 Å². The number of thiazole rings is 1. The Bertz CT molecular complexity index is 1250. The summed E-state index contributed by atoms with van der Waals surface area (Å²) in [5, 5.41) is 15.9. The van der Waals surface area contributed by atoms with Gasteiger partial charge in [0.1, 0.15) is 0 Å². The topological polar surface area (TPSA) is 85.1 Å². The molecule has 7 heteroatoms. The minimum absolute atomic E-state index is 0.0228. The number of carbonyl (C=O) groups excluding carboxylic acids is 1. The molecule has 0 saturated carbocycles. The highest BCUT2D eigenvalue weighted by atomic mass is 32.1. The molecule has 0 spiro atoms. The van der Waals surface area contributed by atoms with Gasteiger partial charge >= 0.3 is 0 Å². The van der Waals surface area contributed by atoms with Crippen LogP contribution in [0.25, 0.3) is 28.5 Å². The van der Waals surface area contributed by atoms with Gasteiger partial charge in [-0.1, -0.05) is 66.7 Å². The Kier molecular flexibility index (Phi) is 5.96. The van der Waals surface area contributed by atoms with E-state index in [1.54, 1.807) is 12.1 Å². The molecular weight excluding hydrogens is 410 g/mol. The maximum atomic E-state index is 12.2. The van der Waals surface area contributed by atoms with Crippen LogP contribution in [0, 0.1) is 10.1 Å². The second kappa shape index (κ2) is 9.15. The van der Waals surface area contributed by atoms with E-state index in [4.69, 9.17) is 0 Å². The number of hydrogen-bond donors (Lipinski definition) is 1. The lowest BCUT2D eigenvalue weighted by Gasteiger charge is -2.03. The Hall–Kier alpha value is -4.10. The van der Waals surface area contributed by atoms with Gasteiger partial charge in [-0.15, -0.1) is 11.3 Å². The molecule has 1 N–H and O–H groups in total. The Morgan fingerprint density at radius 1 is 0.935 bits per heavy atom. The number of benzene rings is 3. The summed E-state index contributed by atoms with van der Waals surface area (Å²) in [6.07, 6.45) is 2.86. The molecule has 152 valence electrons. The minimum atomic E-state index is -0.471. The van der Waals surface area contributed by atoms with E-state index in [-0.39, 0.29) is 11.6 Å². The van der Waals surface area contributed by atoms with Crippen molar-refractivity contribution in [1.82, 2.24) is 4.98 Å². The van der Waals surface area contributed by atoms with Gasteiger partial charge in [-0.3, -0.25) is 20.2 Å². The number of nitro benzene ring substituents is 1. The number of aromatic nitrogens is 1. The lowest BCUT2D eigenvalue weighted by molar-refractivity contribution is -0.384. The van der Waals surface area contributed by atoms with E-state index < -0.39 is 4.92 Å². The summed E-state index contributed by atoms with van der Waals surface area (Å²) >= 11 is 1.34. The quantitative estimate of drug-likeness (QED) is 0.231. The number of nitrogens with zero attached hydrogens (tertiary/aromatic N) is 2. The molecule has 0 fully saturated rings. The monoisotopic (exact) mass is 427 g/mol. The van der Waals surface area contributed by atoms with E-state index in [0.717, 1.165) is 22.4 Å². The summed E-state index contributed by atoms with van der Waals surface area (Å²) in [7, 11) is 0. The maximum Gasteiger partial charge on any atom is 0.270 e. The first-order valence-corrected chi connectivity index (χ1v) is 10.3. The number of rotatable bonds is 6. The second-order valence-corrected chi connectivity index (χ2v) is 7.51. The molecule has 4 aromatic rings. The molecule has 31 heavy (non-hydrogen) atoms. The van der Waals surface area contributed by atoms with Crippen LogP contribution in [-0.2, 0) is 4.79 Å². The van der Waals surface area contributed by atoms with E-state index in [1.165, 1.54) is 35.6 Å². The summed E-state index contributed by atoms with van der Waals surface area (Å²) < 4.78 is 0. The first-order chi connectivity index (χ1) is 15.1. The van der Waals surface area contributed by atoms with E-state index in [0.29, 0.717) is 10.7 Å². The van der Waals surface area contributed by atoms with Gasteiger partial charge in [0.25, 0.3) is 5.69 Å². The molecule has 6 nitrogen and oxygen atoms in total. The van der Waals surface area contributed by atoms with E-state index in [2.05, 4.69) is 22.4 Å². The van der Waals surface area contributed by atoms with Gasteiger partial charge < -0.3 is 0 Å². The average molecular weight is 427 g/mol. The Morgan fingerprint density at radius 3 is 2.39 bits per heavy atom. The fourth-order valence-corrected chi connectivity index (χ4v) is 3.71. The van der Waals surface area contributed by atoms with Crippen molar-refractivity contribution < 1.29 is 9.72 Å². The highest BCUT2D eigenvalue weighted by molar-refractivity contribution is 7.14. The Labute approximate surface area is 182 Å². The summed E-state index contributed by atoms with van der Waals surface area (Å²) in [6.45, 7) is 0. The SMILES string of the molecule is O=C(C=Cc1cccc([N+](=O)[O-])c1)Nc1nc(-c2ccc(-c3ccccc3)cc2)cs1. The van der Waals surface area contributed by atoms with E-state index >= 15 is 0 Å². The van der Waals surface area contributed by atoms with Gasteiger partial charge in [0.15, 0.2) is 5.13 Å². The van der Waals surface area contributed by atoms with Crippen LogP contribution in [0.3, 0.4) is 0 Å². The second-order valence-electron chi connectivity index (χ2n) is 6.66. The number of nitro groups is 1. The molecule has 1 aromatic heterocycles. The van der Waals surface area contributed by atoms with Crippen molar-refractivity contribution in [2.45, 2.75) is 0 Å². The third-order valence-electron chi connectivity index (χ3n) is 4.53. The van der Waals surface area contributed by atoms with Crippen LogP contribution in [0.15, 0.2) is 90.3 Å². The van der Waals surface area contributed by atoms with Crippen LogP contribution in [-0.4, -0.2) is 15.8 Å². The van der Waals surface area contributed by atoms with E-state index in [9.17, 15) is 14.9 Å². The summed E-state index contributed by atoms with van der Waals surface area (Å²) in [5.74, 6) is -0.355. The molecular formula is C24H17N3O3S. The molecule has 0 aliphatic heterocycles. The Balaban J connectivity index is 1.41. The van der Waals surface area contributed by atoms with Gasteiger partial charge in [0, 0.05) is 29.2 Å². The number of hydrogen-bond acceptors (Lipinski definition) is 5. The van der Waals surface area contributed by atoms with Crippen molar-refractivity contribution in [3.63, 3.8) is 0 Å². The number of carbonyl (C=O) groups is 1. The van der Waals surface area contributed by atoms with Gasteiger partial charge in [0.2, 0.25) is 5.91 Å². The lowest BCUT2D eigenvalue weighted by Crippen LogP contribution is -2.07. The summed E-state index contributed by atoms with van der Waals surface area (Å²) in [6, 6.07) is 24.3. The minimum Gasteiger partial charge on any atom is -0.298 e. The molecule has 3 aromatic carbocycles. The number of amides is 1. The highest BCUT2D eigenvalue weighted by Gasteiger charge is 2.08. The van der Waals surface area contributed by atoms with Crippen molar-refractivity contribution >= 4 is 34.1 Å². The summed E-state index contributed by atoms with van der Waals surface area (Å²) in [5.41, 5.74) is 4.56. The van der Waals surface area contributed by atoms with Crippen molar-refractivity contribution in [3.05, 3.63) is 106 Å². The van der Waals surface area contributed by atoms with Crippen molar-refractivity contribution in [1.29, 1.82) is 0 Å².